The number of carbonyl (C=O) groups is 1. The van der Waals surface area contributed by atoms with Crippen molar-refractivity contribution < 1.29 is 4.79 Å². The second-order valence-corrected chi connectivity index (χ2v) is 8.22. The standard InChI is InChI=1S/C23H18Cl2N4O/c1-15-4-7-17(8-5-15)29-22(27-10-2-3-11-27)19-13-28(14-21(19)26-29)23(30)18-9-6-16(24)12-20(18)25/h2-12H,13-14H2,1H3. The first kappa shape index (κ1) is 19.0. The van der Waals surface area contributed by atoms with E-state index >= 15 is 0 Å². The minimum absolute atomic E-state index is 0.130. The third kappa shape index (κ3) is 3.20. The fourth-order valence-corrected chi connectivity index (χ4v) is 4.28. The van der Waals surface area contributed by atoms with Crippen LogP contribution in [0.2, 0.25) is 10.0 Å². The fraction of sp³-hybridized carbons (Fsp3) is 0.130. The number of rotatable bonds is 3. The van der Waals surface area contributed by atoms with Crippen LogP contribution in [0.5, 0.6) is 0 Å². The number of carbonyl (C=O) groups excluding carboxylic acids is 1. The molecule has 1 amide bonds. The molecular weight excluding hydrogens is 419 g/mol. The highest BCUT2D eigenvalue weighted by Gasteiger charge is 2.32. The van der Waals surface area contributed by atoms with Crippen molar-refractivity contribution in [1.29, 1.82) is 0 Å². The molecule has 2 aromatic carbocycles. The lowest BCUT2D eigenvalue weighted by molar-refractivity contribution is 0.0749. The summed E-state index contributed by atoms with van der Waals surface area (Å²) in [5.74, 6) is 0.811. The van der Waals surface area contributed by atoms with Crippen LogP contribution in [0.4, 0.5) is 0 Å². The van der Waals surface area contributed by atoms with Gasteiger partial charge in [0, 0.05) is 23.0 Å². The van der Waals surface area contributed by atoms with Gasteiger partial charge in [0.15, 0.2) is 0 Å². The molecule has 150 valence electrons. The van der Waals surface area contributed by atoms with Crippen LogP contribution in [0.25, 0.3) is 11.5 Å². The fourth-order valence-electron chi connectivity index (χ4n) is 3.79. The van der Waals surface area contributed by atoms with E-state index < -0.39 is 0 Å². The summed E-state index contributed by atoms with van der Waals surface area (Å²) in [6, 6.07) is 17.1. The Balaban J connectivity index is 1.54. The van der Waals surface area contributed by atoms with Gasteiger partial charge in [0.25, 0.3) is 5.91 Å². The Morgan fingerprint density at radius 2 is 1.73 bits per heavy atom. The average Bonchev–Trinajstić information content (AvgIpc) is 3.44. The van der Waals surface area contributed by atoms with Crippen molar-refractivity contribution >= 4 is 29.1 Å². The van der Waals surface area contributed by atoms with Gasteiger partial charge in [-0.3, -0.25) is 4.79 Å². The Hall–Kier alpha value is -3.02. The molecule has 0 bridgehead atoms. The van der Waals surface area contributed by atoms with Crippen LogP contribution in [-0.4, -0.2) is 25.2 Å². The van der Waals surface area contributed by atoms with Crippen LogP contribution < -0.4 is 0 Å². The van der Waals surface area contributed by atoms with Crippen molar-refractivity contribution in [2.45, 2.75) is 20.0 Å². The zero-order valence-corrected chi connectivity index (χ0v) is 17.7. The van der Waals surface area contributed by atoms with Crippen molar-refractivity contribution in [2.24, 2.45) is 0 Å². The molecule has 0 N–H and O–H groups in total. The number of aryl methyl sites for hydroxylation is 1. The van der Waals surface area contributed by atoms with Crippen LogP contribution >= 0.6 is 23.2 Å². The molecule has 0 saturated heterocycles. The molecule has 0 radical (unpaired) electrons. The quantitative estimate of drug-likeness (QED) is 0.429. The molecule has 2 aromatic heterocycles. The first-order valence-corrected chi connectivity index (χ1v) is 10.3. The normalized spacial score (nSPS) is 13.0. The van der Waals surface area contributed by atoms with E-state index in [1.807, 2.05) is 33.8 Å². The number of hydrogen-bond acceptors (Lipinski definition) is 2. The van der Waals surface area contributed by atoms with Gasteiger partial charge in [0.1, 0.15) is 5.82 Å². The third-order valence-electron chi connectivity index (χ3n) is 5.31. The molecule has 0 fully saturated rings. The molecular formula is C23H18Cl2N4O. The van der Waals surface area contributed by atoms with Gasteiger partial charge in [0.05, 0.1) is 35.1 Å². The summed E-state index contributed by atoms with van der Waals surface area (Å²) in [5, 5.41) is 5.72. The molecule has 0 spiro atoms. The summed E-state index contributed by atoms with van der Waals surface area (Å²) >= 11 is 12.2. The number of amides is 1. The number of nitrogens with zero attached hydrogens (tertiary/aromatic N) is 4. The summed E-state index contributed by atoms with van der Waals surface area (Å²) < 4.78 is 3.98. The average molecular weight is 437 g/mol. The highest BCUT2D eigenvalue weighted by molar-refractivity contribution is 6.36. The predicted octanol–water partition coefficient (Wildman–Crippen LogP) is 5.43. The molecule has 5 rings (SSSR count). The Kier molecular flexibility index (Phi) is 4.65. The van der Waals surface area contributed by atoms with Gasteiger partial charge in [-0.15, -0.1) is 0 Å². The zero-order valence-electron chi connectivity index (χ0n) is 16.2. The van der Waals surface area contributed by atoms with Crippen LogP contribution in [-0.2, 0) is 13.1 Å². The Morgan fingerprint density at radius 1 is 1.00 bits per heavy atom. The number of fused-ring (bicyclic) bond motifs is 1. The molecule has 1 aliphatic heterocycles. The minimum atomic E-state index is -0.130. The van der Waals surface area contributed by atoms with E-state index in [2.05, 4.69) is 31.2 Å². The molecule has 5 nitrogen and oxygen atoms in total. The maximum Gasteiger partial charge on any atom is 0.256 e. The molecule has 0 unspecified atom stereocenters. The molecule has 7 heteroatoms. The number of aromatic nitrogens is 3. The van der Waals surface area contributed by atoms with Crippen molar-refractivity contribution in [3.05, 3.63) is 99.4 Å². The minimum Gasteiger partial charge on any atom is -0.328 e. The summed E-state index contributed by atoms with van der Waals surface area (Å²) in [5.41, 5.74) is 4.54. The Bertz CT molecular complexity index is 1240. The molecule has 0 aliphatic carbocycles. The zero-order chi connectivity index (χ0) is 20.8. The second kappa shape index (κ2) is 7.35. The molecule has 1 aliphatic rings. The first-order chi connectivity index (χ1) is 14.5. The lowest BCUT2D eigenvalue weighted by atomic mass is 10.2. The smallest absolute Gasteiger partial charge is 0.256 e. The Labute approximate surface area is 184 Å². The lowest BCUT2D eigenvalue weighted by Gasteiger charge is -2.18. The molecule has 0 saturated carbocycles. The van der Waals surface area contributed by atoms with Gasteiger partial charge in [0.2, 0.25) is 0 Å². The molecule has 0 atom stereocenters. The Morgan fingerprint density at radius 3 is 2.43 bits per heavy atom. The van der Waals surface area contributed by atoms with E-state index in [1.54, 1.807) is 23.1 Å². The summed E-state index contributed by atoms with van der Waals surface area (Å²) in [6.07, 6.45) is 3.98. The van der Waals surface area contributed by atoms with E-state index in [4.69, 9.17) is 28.3 Å². The molecule has 30 heavy (non-hydrogen) atoms. The topological polar surface area (TPSA) is 43.1 Å². The summed E-state index contributed by atoms with van der Waals surface area (Å²) in [4.78, 5) is 14.9. The van der Waals surface area contributed by atoms with Crippen molar-refractivity contribution in [3.8, 4) is 11.5 Å². The van der Waals surface area contributed by atoms with Gasteiger partial charge >= 0.3 is 0 Å². The van der Waals surface area contributed by atoms with Crippen molar-refractivity contribution in [1.82, 2.24) is 19.2 Å². The van der Waals surface area contributed by atoms with Crippen LogP contribution in [0.15, 0.2) is 67.0 Å². The van der Waals surface area contributed by atoms with Gasteiger partial charge in [-0.05, 0) is 49.4 Å². The highest BCUT2D eigenvalue weighted by Crippen LogP contribution is 2.32. The van der Waals surface area contributed by atoms with E-state index in [0.717, 1.165) is 22.8 Å². The number of halogens is 2. The van der Waals surface area contributed by atoms with Crippen LogP contribution in [0.3, 0.4) is 0 Å². The maximum atomic E-state index is 13.1. The highest BCUT2D eigenvalue weighted by atomic mass is 35.5. The van der Waals surface area contributed by atoms with Crippen LogP contribution in [0.1, 0.15) is 27.2 Å². The molecule has 4 aromatic rings. The van der Waals surface area contributed by atoms with E-state index in [0.29, 0.717) is 28.7 Å². The maximum absolute atomic E-state index is 13.1. The van der Waals surface area contributed by atoms with Crippen molar-refractivity contribution in [2.75, 3.05) is 0 Å². The van der Waals surface area contributed by atoms with E-state index in [9.17, 15) is 4.79 Å². The largest absolute Gasteiger partial charge is 0.328 e. The monoisotopic (exact) mass is 436 g/mol. The lowest BCUT2D eigenvalue weighted by Crippen LogP contribution is -2.26. The summed E-state index contributed by atoms with van der Waals surface area (Å²) in [6.45, 7) is 2.96. The third-order valence-corrected chi connectivity index (χ3v) is 5.85. The van der Waals surface area contributed by atoms with Crippen LogP contribution in [0, 0.1) is 6.92 Å². The number of benzene rings is 2. The first-order valence-electron chi connectivity index (χ1n) is 9.57. The van der Waals surface area contributed by atoms with Crippen molar-refractivity contribution in [3.63, 3.8) is 0 Å². The van der Waals surface area contributed by atoms with E-state index in [1.165, 1.54) is 5.56 Å². The van der Waals surface area contributed by atoms with Gasteiger partial charge < -0.3 is 9.47 Å². The van der Waals surface area contributed by atoms with E-state index in [-0.39, 0.29) is 5.91 Å². The summed E-state index contributed by atoms with van der Waals surface area (Å²) in [7, 11) is 0. The SMILES string of the molecule is Cc1ccc(-n2nc3c(c2-n2cccc2)CN(C(=O)c2ccc(Cl)cc2Cl)C3)cc1. The second-order valence-electron chi connectivity index (χ2n) is 7.37. The van der Waals surface area contributed by atoms with Gasteiger partial charge in [-0.1, -0.05) is 40.9 Å². The van der Waals surface area contributed by atoms with Gasteiger partial charge in [-0.2, -0.15) is 5.10 Å². The van der Waals surface area contributed by atoms with Gasteiger partial charge in [-0.25, -0.2) is 4.68 Å². The number of hydrogen-bond donors (Lipinski definition) is 0. The molecule has 3 heterocycles. The predicted molar refractivity (Wildman–Crippen MR) is 118 cm³/mol.